The molecule has 0 amide bonds. The van der Waals surface area contributed by atoms with Crippen molar-refractivity contribution in [2.75, 3.05) is 13.2 Å². The molecule has 0 aliphatic carbocycles. The molecule has 0 heterocycles. The van der Waals surface area contributed by atoms with Gasteiger partial charge in [0, 0.05) is 0 Å². The summed E-state index contributed by atoms with van der Waals surface area (Å²) in [6.45, 7) is 5.67. The van der Waals surface area contributed by atoms with Crippen molar-refractivity contribution in [2.45, 2.75) is 45.4 Å². The summed E-state index contributed by atoms with van der Waals surface area (Å²) >= 11 is 0. The Bertz CT molecular complexity index is 259. The van der Waals surface area contributed by atoms with E-state index < -0.39 is 10.4 Å². The Morgan fingerprint density at radius 2 is 1.69 bits per heavy atom. The summed E-state index contributed by atoms with van der Waals surface area (Å²) in [4.78, 5) is 0. The average molecular weight is 250 g/mol. The first-order chi connectivity index (χ1) is 7.62. The smallest absolute Gasteiger partial charge is 0.248 e. The molecule has 0 aliphatic rings. The maximum atomic E-state index is 11.0. The van der Waals surface area contributed by atoms with Crippen LogP contribution in [0.15, 0.2) is 12.7 Å². The van der Waals surface area contributed by atoms with Crippen molar-refractivity contribution in [3.05, 3.63) is 12.7 Å². The van der Waals surface area contributed by atoms with Crippen LogP contribution in [-0.2, 0) is 18.8 Å². The summed E-state index contributed by atoms with van der Waals surface area (Å²) in [5.74, 6) is 0. The zero-order chi connectivity index (χ0) is 12.3. The van der Waals surface area contributed by atoms with Crippen molar-refractivity contribution in [2.24, 2.45) is 0 Å². The largest absolute Gasteiger partial charge is 0.400 e. The lowest BCUT2D eigenvalue weighted by Crippen LogP contribution is -2.11. The minimum Gasteiger partial charge on any atom is -0.248 e. The Kier molecular flexibility index (Phi) is 9.57. The lowest BCUT2D eigenvalue weighted by atomic mass is 10.1. The summed E-state index contributed by atoms with van der Waals surface area (Å²) in [6, 6.07) is 0. The van der Waals surface area contributed by atoms with Gasteiger partial charge in [-0.1, -0.05) is 45.1 Å². The normalized spacial score (nSPS) is 11.6. The molecule has 0 unspecified atom stereocenters. The number of rotatable bonds is 11. The fourth-order valence-corrected chi connectivity index (χ4v) is 1.86. The van der Waals surface area contributed by atoms with Crippen LogP contribution in [0.4, 0.5) is 0 Å². The highest BCUT2D eigenvalue weighted by Crippen LogP contribution is 2.06. The Balaban J connectivity index is 3.39. The number of hydrogen-bond acceptors (Lipinski definition) is 4. The third kappa shape index (κ3) is 10.1. The van der Waals surface area contributed by atoms with Gasteiger partial charge in [0.1, 0.15) is 0 Å². The second-order valence-corrected chi connectivity index (χ2v) is 4.86. The second-order valence-electron chi connectivity index (χ2n) is 3.57. The zero-order valence-corrected chi connectivity index (χ0v) is 10.8. The van der Waals surface area contributed by atoms with Crippen molar-refractivity contribution in [3.63, 3.8) is 0 Å². The van der Waals surface area contributed by atoms with Gasteiger partial charge in [0.25, 0.3) is 0 Å². The molecule has 0 radical (unpaired) electrons. The molecule has 96 valence electrons. The second kappa shape index (κ2) is 9.81. The minimum absolute atomic E-state index is 0.0428. The predicted molar refractivity (Wildman–Crippen MR) is 64.4 cm³/mol. The Labute approximate surface area is 99.0 Å². The third-order valence-electron chi connectivity index (χ3n) is 2.06. The Hall–Kier alpha value is -0.390. The van der Waals surface area contributed by atoms with E-state index in [9.17, 15) is 8.42 Å². The molecule has 0 saturated carbocycles. The molecule has 16 heavy (non-hydrogen) atoms. The summed E-state index contributed by atoms with van der Waals surface area (Å²) in [5, 5.41) is 0. The Morgan fingerprint density at radius 3 is 2.31 bits per heavy atom. The quantitative estimate of drug-likeness (QED) is 0.418. The van der Waals surface area contributed by atoms with Gasteiger partial charge in [-0.3, -0.25) is 0 Å². The molecule has 0 fully saturated rings. The highest BCUT2D eigenvalue weighted by atomic mass is 32.3. The monoisotopic (exact) mass is 250 g/mol. The number of unbranched alkanes of at least 4 members (excludes halogenated alkanes) is 5. The van der Waals surface area contributed by atoms with Gasteiger partial charge in [0.2, 0.25) is 0 Å². The molecule has 0 aromatic rings. The van der Waals surface area contributed by atoms with Gasteiger partial charge in [-0.05, 0) is 6.42 Å². The summed E-state index contributed by atoms with van der Waals surface area (Å²) in [7, 11) is -3.81. The van der Waals surface area contributed by atoms with Gasteiger partial charge in [-0.15, -0.1) is 6.58 Å². The van der Waals surface area contributed by atoms with Crippen molar-refractivity contribution in [1.82, 2.24) is 0 Å². The fraction of sp³-hybridized carbons (Fsp3) is 0.818. The molecule has 5 heteroatoms. The average Bonchev–Trinajstić information content (AvgIpc) is 2.25. The third-order valence-corrected chi connectivity index (χ3v) is 2.94. The minimum atomic E-state index is -3.81. The van der Waals surface area contributed by atoms with Gasteiger partial charge < -0.3 is 0 Å². The van der Waals surface area contributed by atoms with Gasteiger partial charge in [-0.25, -0.2) is 8.37 Å². The van der Waals surface area contributed by atoms with Gasteiger partial charge in [0.05, 0.1) is 13.2 Å². The molecule has 0 saturated heterocycles. The van der Waals surface area contributed by atoms with Crippen molar-refractivity contribution >= 4 is 10.4 Å². The van der Waals surface area contributed by atoms with Crippen LogP contribution in [0.2, 0.25) is 0 Å². The topological polar surface area (TPSA) is 52.6 Å². The van der Waals surface area contributed by atoms with Crippen molar-refractivity contribution < 1.29 is 16.8 Å². The van der Waals surface area contributed by atoms with Crippen LogP contribution in [0.25, 0.3) is 0 Å². The van der Waals surface area contributed by atoms with Crippen LogP contribution < -0.4 is 0 Å². The molecule has 0 spiro atoms. The first-order valence-electron chi connectivity index (χ1n) is 5.77. The lowest BCUT2D eigenvalue weighted by Gasteiger charge is -2.04. The zero-order valence-electron chi connectivity index (χ0n) is 9.98. The van der Waals surface area contributed by atoms with E-state index in [0.29, 0.717) is 0 Å². The van der Waals surface area contributed by atoms with E-state index in [-0.39, 0.29) is 13.2 Å². The van der Waals surface area contributed by atoms with E-state index in [0.717, 1.165) is 19.3 Å². The predicted octanol–water partition coefficient (Wildman–Crippen LogP) is 2.81. The Morgan fingerprint density at radius 1 is 1.06 bits per heavy atom. The van der Waals surface area contributed by atoms with Crippen LogP contribution in [0.3, 0.4) is 0 Å². The molecule has 0 bridgehead atoms. The maximum Gasteiger partial charge on any atom is 0.400 e. The maximum absolute atomic E-state index is 11.0. The van der Waals surface area contributed by atoms with Crippen molar-refractivity contribution in [3.8, 4) is 0 Å². The first-order valence-corrected chi connectivity index (χ1v) is 7.10. The number of hydrogen-bond donors (Lipinski definition) is 0. The molecular weight excluding hydrogens is 228 g/mol. The molecule has 0 rings (SSSR count). The van der Waals surface area contributed by atoms with Crippen LogP contribution in [0, 0.1) is 0 Å². The van der Waals surface area contributed by atoms with Crippen LogP contribution in [-0.4, -0.2) is 21.6 Å². The van der Waals surface area contributed by atoms with E-state index in [2.05, 4.69) is 21.9 Å². The van der Waals surface area contributed by atoms with Crippen LogP contribution >= 0.6 is 0 Å². The van der Waals surface area contributed by atoms with E-state index in [1.807, 2.05) is 0 Å². The van der Waals surface area contributed by atoms with Crippen LogP contribution in [0.5, 0.6) is 0 Å². The highest BCUT2D eigenvalue weighted by molar-refractivity contribution is 7.81. The van der Waals surface area contributed by atoms with E-state index >= 15 is 0 Å². The molecule has 0 atom stereocenters. The molecule has 0 aliphatic heterocycles. The fourth-order valence-electron chi connectivity index (χ4n) is 1.21. The molecule has 0 N–H and O–H groups in total. The molecular formula is C11H22O4S. The standard InChI is InChI=1S/C11H22O4S/c1-3-5-6-7-8-9-11-15-16(12,13)14-10-4-2/h4H,2-3,5-11H2,1H3. The van der Waals surface area contributed by atoms with E-state index in [4.69, 9.17) is 0 Å². The summed E-state index contributed by atoms with van der Waals surface area (Å²) in [5.41, 5.74) is 0. The molecule has 0 aromatic heterocycles. The molecule has 4 nitrogen and oxygen atoms in total. The lowest BCUT2D eigenvalue weighted by molar-refractivity contribution is 0.225. The SMILES string of the molecule is C=CCOS(=O)(=O)OCCCCCCCC. The van der Waals surface area contributed by atoms with Crippen molar-refractivity contribution in [1.29, 1.82) is 0 Å². The van der Waals surface area contributed by atoms with Gasteiger partial charge in [-0.2, -0.15) is 8.42 Å². The summed E-state index contributed by atoms with van der Waals surface area (Å²) in [6.07, 6.45) is 7.89. The summed E-state index contributed by atoms with van der Waals surface area (Å²) < 4.78 is 31.2. The van der Waals surface area contributed by atoms with E-state index in [1.54, 1.807) is 0 Å². The first kappa shape index (κ1) is 15.6. The highest BCUT2D eigenvalue weighted by Gasteiger charge is 2.09. The van der Waals surface area contributed by atoms with Crippen LogP contribution in [0.1, 0.15) is 45.4 Å². The van der Waals surface area contributed by atoms with Gasteiger partial charge >= 0.3 is 10.4 Å². The van der Waals surface area contributed by atoms with Gasteiger partial charge in [0.15, 0.2) is 0 Å². The molecule has 0 aromatic carbocycles. The van der Waals surface area contributed by atoms with E-state index in [1.165, 1.54) is 25.3 Å².